The third-order valence-corrected chi connectivity index (χ3v) is 5.56. The Kier molecular flexibility index (Phi) is 7.75. The van der Waals surface area contributed by atoms with Gasteiger partial charge in [-0.2, -0.15) is 0 Å². The van der Waals surface area contributed by atoms with Gasteiger partial charge >= 0.3 is 0 Å². The summed E-state index contributed by atoms with van der Waals surface area (Å²) >= 11 is 0. The van der Waals surface area contributed by atoms with E-state index in [0.717, 1.165) is 50.5 Å². The number of hydrogen-bond acceptors (Lipinski definition) is 4. The van der Waals surface area contributed by atoms with Crippen molar-refractivity contribution in [2.45, 2.75) is 6.42 Å². The normalized spacial score (nSPS) is 10.4. The Labute approximate surface area is 205 Å². The molecule has 0 aliphatic rings. The smallest absolute Gasteiger partial charge is 0.161 e. The highest BCUT2D eigenvalue weighted by Gasteiger charge is 2.15. The van der Waals surface area contributed by atoms with Gasteiger partial charge in [0.05, 0.1) is 25.4 Å². The number of ether oxygens (including phenoxy) is 2. The highest BCUT2D eigenvalue weighted by Crippen LogP contribution is 2.38. The van der Waals surface area contributed by atoms with Crippen LogP contribution in [-0.4, -0.2) is 24.2 Å². The molecule has 33 heavy (non-hydrogen) atoms. The van der Waals surface area contributed by atoms with Gasteiger partial charge in [0.1, 0.15) is 0 Å². The molecular formula is C27H24Cl2N2O2. The Morgan fingerprint density at radius 1 is 0.697 bits per heavy atom. The first kappa shape index (κ1) is 24.3. The summed E-state index contributed by atoms with van der Waals surface area (Å²) in [7, 11) is 3.32. The molecular weight excluding hydrogens is 455 g/mol. The lowest BCUT2D eigenvalue weighted by molar-refractivity contribution is 0.356. The Bertz CT molecular complexity index is 1390. The second kappa shape index (κ2) is 10.5. The van der Waals surface area contributed by atoms with Crippen molar-refractivity contribution in [2.24, 2.45) is 0 Å². The van der Waals surface area contributed by atoms with E-state index in [1.165, 1.54) is 0 Å². The highest BCUT2D eigenvalue weighted by molar-refractivity contribution is 5.98. The summed E-state index contributed by atoms with van der Waals surface area (Å²) in [6.45, 7) is 0. The summed E-state index contributed by atoms with van der Waals surface area (Å²) in [5, 5.41) is 3.27. The van der Waals surface area contributed by atoms with Crippen LogP contribution in [0.15, 0.2) is 85.2 Å². The van der Waals surface area contributed by atoms with Crippen molar-refractivity contribution in [1.29, 1.82) is 0 Å². The second-order valence-electron chi connectivity index (χ2n) is 7.46. The van der Waals surface area contributed by atoms with Crippen LogP contribution in [0.2, 0.25) is 0 Å². The summed E-state index contributed by atoms with van der Waals surface area (Å²) < 4.78 is 11.2. The van der Waals surface area contributed by atoms with Crippen molar-refractivity contribution < 1.29 is 9.47 Å². The molecule has 0 saturated carbocycles. The van der Waals surface area contributed by atoms with Gasteiger partial charge in [-0.1, -0.05) is 48.5 Å². The van der Waals surface area contributed by atoms with Crippen LogP contribution in [-0.2, 0) is 6.42 Å². The molecule has 0 unspecified atom stereocenters. The molecule has 0 aliphatic heterocycles. The molecule has 0 N–H and O–H groups in total. The average Bonchev–Trinajstić information content (AvgIpc) is 2.83. The van der Waals surface area contributed by atoms with Crippen LogP contribution in [0.4, 0.5) is 0 Å². The van der Waals surface area contributed by atoms with Gasteiger partial charge in [-0.05, 0) is 40.8 Å². The minimum Gasteiger partial charge on any atom is -0.493 e. The molecule has 2 heterocycles. The van der Waals surface area contributed by atoms with Crippen LogP contribution in [0.25, 0.3) is 32.9 Å². The Hall–Kier alpha value is -3.34. The SMILES string of the molecule is COc1cc2c(Cc3cnc4ccccc4c3)cnc(-c3ccccc3)c2cc1OC.Cl.Cl. The number of nitrogens with zero attached hydrogens (tertiary/aromatic N) is 2. The zero-order valence-electron chi connectivity index (χ0n) is 18.3. The number of benzene rings is 3. The van der Waals surface area contributed by atoms with Crippen molar-refractivity contribution in [3.8, 4) is 22.8 Å². The summed E-state index contributed by atoms with van der Waals surface area (Å²) in [4.78, 5) is 9.47. The van der Waals surface area contributed by atoms with Crippen molar-refractivity contribution in [3.05, 3.63) is 96.3 Å². The fourth-order valence-corrected chi connectivity index (χ4v) is 4.02. The number of para-hydroxylation sites is 1. The molecule has 4 nitrogen and oxygen atoms in total. The van der Waals surface area contributed by atoms with Crippen molar-refractivity contribution in [3.63, 3.8) is 0 Å². The first-order valence-electron chi connectivity index (χ1n) is 10.2. The number of hydrogen-bond donors (Lipinski definition) is 0. The Morgan fingerprint density at radius 2 is 1.36 bits per heavy atom. The number of methoxy groups -OCH3 is 2. The number of aromatic nitrogens is 2. The lowest BCUT2D eigenvalue weighted by Crippen LogP contribution is -1.98. The van der Waals surface area contributed by atoms with E-state index in [9.17, 15) is 0 Å². The fraction of sp³-hybridized carbons (Fsp3) is 0.111. The minimum absolute atomic E-state index is 0. The van der Waals surface area contributed by atoms with Crippen molar-refractivity contribution >= 4 is 46.5 Å². The zero-order chi connectivity index (χ0) is 21.2. The van der Waals surface area contributed by atoms with E-state index in [1.807, 2.05) is 60.9 Å². The van der Waals surface area contributed by atoms with Crippen LogP contribution in [0, 0.1) is 0 Å². The van der Waals surface area contributed by atoms with Crippen LogP contribution < -0.4 is 9.47 Å². The third kappa shape index (κ3) is 4.72. The number of pyridine rings is 2. The molecule has 0 atom stereocenters. The predicted molar refractivity (Wildman–Crippen MR) is 139 cm³/mol. The lowest BCUT2D eigenvalue weighted by atomic mass is 9.96. The molecule has 0 aliphatic carbocycles. The summed E-state index contributed by atoms with van der Waals surface area (Å²) in [6.07, 6.45) is 4.64. The summed E-state index contributed by atoms with van der Waals surface area (Å²) in [5.74, 6) is 1.40. The van der Waals surface area contributed by atoms with E-state index in [-0.39, 0.29) is 24.8 Å². The molecule has 5 aromatic rings. The van der Waals surface area contributed by atoms with Crippen molar-refractivity contribution in [1.82, 2.24) is 9.97 Å². The van der Waals surface area contributed by atoms with Gasteiger partial charge in [0, 0.05) is 35.2 Å². The van der Waals surface area contributed by atoms with E-state index in [1.54, 1.807) is 14.2 Å². The van der Waals surface area contributed by atoms with Gasteiger partial charge in [0.25, 0.3) is 0 Å². The maximum absolute atomic E-state index is 5.60. The number of halogens is 2. The largest absolute Gasteiger partial charge is 0.493 e. The molecule has 6 heteroatoms. The molecule has 5 rings (SSSR count). The fourth-order valence-electron chi connectivity index (χ4n) is 4.02. The first-order valence-corrected chi connectivity index (χ1v) is 10.2. The van der Waals surface area contributed by atoms with E-state index in [0.29, 0.717) is 11.5 Å². The molecule has 0 amide bonds. The average molecular weight is 479 g/mol. The zero-order valence-corrected chi connectivity index (χ0v) is 20.0. The van der Waals surface area contributed by atoms with Gasteiger partial charge in [-0.3, -0.25) is 9.97 Å². The molecule has 168 valence electrons. The van der Waals surface area contributed by atoms with Crippen LogP contribution in [0.3, 0.4) is 0 Å². The minimum atomic E-state index is 0. The predicted octanol–water partition coefficient (Wildman–Crippen LogP) is 6.90. The van der Waals surface area contributed by atoms with Gasteiger partial charge < -0.3 is 9.47 Å². The van der Waals surface area contributed by atoms with Crippen LogP contribution in [0.1, 0.15) is 11.1 Å². The van der Waals surface area contributed by atoms with E-state index < -0.39 is 0 Å². The number of fused-ring (bicyclic) bond motifs is 2. The van der Waals surface area contributed by atoms with E-state index >= 15 is 0 Å². The van der Waals surface area contributed by atoms with Crippen LogP contribution in [0.5, 0.6) is 11.5 Å². The quantitative estimate of drug-likeness (QED) is 0.275. The maximum atomic E-state index is 5.60. The maximum Gasteiger partial charge on any atom is 0.161 e. The molecule has 3 aromatic carbocycles. The van der Waals surface area contributed by atoms with Crippen molar-refractivity contribution in [2.75, 3.05) is 14.2 Å². The van der Waals surface area contributed by atoms with E-state index in [2.05, 4.69) is 29.2 Å². The molecule has 0 bridgehead atoms. The molecule has 2 aromatic heterocycles. The van der Waals surface area contributed by atoms with Gasteiger partial charge in [0.2, 0.25) is 0 Å². The topological polar surface area (TPSA) is 44.2 Å². The second-order valence-corrected chi connectivity index (χ2v) is 7.46. The Balaban J connectivity index is 0.00000153. The summed E-state index contributed by atoms with van der Waals surface area (Å²) in [5.41, 5.74) is 5.26. The standard InChI is InChI=1S/C27H22N2O2.2ClH/c1-30-25-14-22-21(13-18-12-20-10-6-7-11-24(20)28-16-18)17-29-27(19-8-4-3-5-9-19)23(22)15-26(25)31-2;;/h3-12,14-17H,13H2,1-2H3;2*1H. The molecule has 0 fully saturated rings. The summed E-state index contributed by atoms with van der Waals surface area (Å²) in [6, 6.07) is 24.6. The third-order valence-electron chi connectivity index (χ3n) is 5.56. The lowest BCUT2D eigenvalue weighted by Gasteiger charge is -2.15. The number of rotatable bonds is 5. The molecule has 0 saturated heterocycles. The van der Waals surface area contributed by atoms with Gasteiger partial charge in [-0.25, -0.2) is 0 Å². The molecule has 0 radical (unpaired) electrons. The monoisotopic (exact) mass is 478 g/mol. The van der Waals surface area contributed by atoms with Crippen LogP contribution >= 0.6 is 24.8 Å². The highest BCUT2D eigenvalue weighted by atomic mass is 35.5. The van der Waals surface area contributed by atoms with E-state index in [4.69, 9.17) is 14.5 Å². The van der Waals surface area contributed by atoms with Gasteiger partial charge in [-0.15, -0.1) is 24.8 Å². The van der Waals surface area contributed by atoms with Gasteiger partial charge in [0.15, 0.2) is 11.5 Å². The first-order chi connectivity index (χ1) is 15.3. The Morgan fingerprint density at radius 3 is 2.09 bits per heavy atom. The molecule has 0 spiro atoms.